The van der Waals surface area contributed by atoms with Crippen molar-refractivity contribution >= 4 is 28.9 Å². The van der Waals surface area contributed by atoms with Crippen LogP contribution in [0.25, 0.3) is 0 Å². The van der Waals surface area contributed by atoms with E-state index in [1.165, 1.54) is 6.20 Å². The number of nitro groups is 1. The Kier molecular flexibility index (Phi) is 4.45. The molecule has 1 atom stereocenters. The Bertz CT molecular complexity index is 526. The quantitative estimate of drug-likeness (QED) is 0.477. The summed E-state index contributed by atoms with van der Waals surface area (Å²) in [6, 6.07) is -1.16. The normalized spacial score (nSPS) is 11.3. The third-order valence-corrected chi connectivity index (χ3v) is 2.30. The van der Waals surface area contributed by atoms with Crippen LogP contribution in [0, 0.1) is 22.5 Å². The van der Waals surface area contributed by atoms with Gasteiger partial charge in [-0.25, -0.2) is 4.79 Å². The number of terminal acetylenes is 1. The second-order valence-electron chi connectivity index (χ2n) is 3.22. The molecule has 7 nitrogen and oxygen atoms in total. The molecular weight excluding hydrogens is 262 g/mol. The summed E-state index contributed by atoms with van der Waals surface area (Å²) in [5.74, 6) is 0.939. The monoisotopic (exact) mass is 269 g/mol. The minimum atomic E-state index is -1.23. The molecule has 18 heavy (non-hydrogen) atoms. The molecule has 0 fully saturated rings. The molecule has 0 radical (unpaired) electrons. The number of anilines is 1. The van der Waals surface area contributed by atoms with E-state index < -0.39 is 22.6 Å². The van der Waals surface area contributed by atoms with E-state index in [-0.39, 0.29) is 17.1 Å². The third-order valence-electron chi connectivity index (χ3n) is 2.02. The summed E-state index contributed by atoms with van der Waals surface area (Å²) >= 11 is 5.75. The fourth-order valence-electron chi connectivity index (χ4n) is 1.20. The summed E-state index contributed by atoms with van der Waals surface area (Å²) < 4.78 is 0. The Labute approximate surface area is 107 Å². The SMILES string of the molecule is C#CCC(Nc1c(Cl)cncc1[N+](=O)[O-])C(=O)O. The van der Waals surface area contributed by atoms with E-state index in [2.05, 4.69) is 16.2 Å². The molecule has 0 saturated carbocycles. The number of nitrogens with one attached hydrogen (secondary N) is 1. The number of pyridine rings is 1. The largest absolute Gasteiger partial charge is 0.480 e. The molecule has 0 aliphatic carbocycles. The smallest absolute Gasteiger partial charge is 0.327 e. The predicted octanol–water partition coefficient (Wildman–Crippen LogP) is 1.53. The van der Waals surface area contributed by atoms with E-state index in [1.54, 1.807) is 0 Å². The van der Waals surface area contributed by atoms with Gasteiger partial charge in [-0.15, -0.1) is 12.3 Å². The van der Waals surface area contributed by atoms with Crippen LogP contribution >= 0.6 is 11.6 Å². The molecule has 94 valence electrons. The van der Waals surface area contributed by atoms with Crippen LogP contribution in [0.3, 0.4) is 0 Å². The maximum absolute atomic E-state index is 10.9. The van der Waals surface area contributed by atoms with Crippen molar-refractivity contribution in [3.8, 4) is 12.3 Å². The zero-order valence-corrected chi connectivity index (χ0v) is 9.72. The second kappa shape index (κ2) is 5.84. The molecular formula is C10H8ClN3O4. The first-order chi connectivity index (χ1) is 8.47. The Morgan fingerprint density at radius 2 is 2.39 bits per heavy atom. The fourth-order valence-corrected chi connectivity index (χ4v) is 1.41. The highest BCUT2D eigenvalue weighted by atomic mass is 35.5. The number of carboxylic acids is 1. The number of hydrogen-bond donors (Lipinski definition) is 2. The van der Waals surface area contributed by atoms with Gasteiger partial charge in [0, 0.05) is 12.6 Å². The van der Waals surface area contributed by atoms with Crippen LogP contribution < -0.4 is 5.32 Å². The number of carboxylic acid groups (broad SMARTS) is 1. The summed E-state index contributed by atoms with van der Waals surface area (Å²) in [6.07, 6.45) is 7.04. The fraction of sp³-hybridized carbons (Fsp3) is 0.200. The first-order valence-corrected chi connectivity index (χ1v) is 5.06. The lowest BCUT2D eigenvalue weighted by atomic mass is 10.2. The molecule has 1 aromatic rings. The van der Waals surface area contributed by atoms with Crippen LogP contribution in [-0.2, 0) is 4.79 Å². The van der Waals surface area contributed by atoms with Crippen molar-refractivity contribution in [2.75, 3.05) is 5.32 Å². The molecule has 0 aliphatic rings. The average Bonchev–Trinajstić information content (AvgIpc) is 2.30. The van der Waals surface area contributed by atoms with Gasteiger partial charge in [0.05, 0.1) is 9.95 Å². The Morgan fingerprint density at radius 3 is 2.89 bits per heavy atom. The Morgan fingerprint density at radius 1 is 1.72 bits per heavy atom. The summed E-state index contributed by atoms with van der Waals surface area (Å²) in [7, 11) is 0. The van der Waals surface area contributed by atoms with Gasteiger partial charge in [0.2, 0.25) is 0 Å². The zero-order valence-electron chi connectivity index (χ0n) is 8.96. The van der Waals surface area contributed by atoms with E-state index in [4.69, 9.17) is 23.1 Å². The van der Waals surface area contributed by atoms with Gasteiger partial charge < -0.3 is 10.4 Å². The molecule has 2 N–H and O–H groups in total. The molecule has 1 heterocycles. The van der Waals surface area contributed by atoms with Crippen LogP contribution in [-0.4, -0.2) is 27.0 Å². The van der Waals surface area contributed by atoms with E-state index in [9.17, 15) is 14.9 Å². The minimum Gasteiger partial charge on any atom is -0.480 e. The number of halogens is 1. The van der Waals surface area contributed by atoms with Gasteiger partial charge in [-0.1, -0.05) is 11.6 Å². The van der Waals surface area contributed by atoms with E-state index >= 15 is 0 Å². The highest BCUT2D eigenvalue weighted by Crippen LogP contribution is 2.31. The lowest BCUT2D eigenvalue weighted by Crippen LogP contribution is -2.29. The van der Waals surface area contributed by atoms with Gasteiger partial charge >= 0.3 is 11.7 Å². The average molecular weight is 270 g/mol. The van der Waals surface area contributed by atoms with Crippen LogP contribution in [0.2, 0.25) is 5.02 Å². The number of aromatic nitrogens is 1. The highest BCUT2D eigenvalue weighted by Gasteiger charge is 2.23. The molecule has 0 aliphatic heterocycles. The minimum absolute atomic E-state index is 0.0486. The number of hydrogen-bond acceptors (Lipinski definition) is 5. The number of nitrogens with zero attached hydrogens (tertiary/aromatic N) is 2. The molecule has 1 unspecified atom stereocenters. The lowest BCUT2D eigenvalue weighted by molar-refractivity contribution is -0.384. The van der Waals surface area contributed by atoms with Crippen LogP contribution in [0.5, 0.6) is 0 Å². The first kappa shape index (κ1) is 13.7. The van der Waals surface area contributed by atoms with Crippen LogP contribution in [0.1, 0.15) is 6.42 Å². The van der Waals surface area contributed by atoms with Gasteiger partial charge in [-0.3, -0.25) is 15.1 Å². The second-order valence-corrected chi connectivity index (χ2v) is 3.62. The van der Waals surface area contributed by atoms with Gasteiger partial charge in [-0.05, 0) is 0 Å². The van der Waals surface area contributed by atoms with Crippen LogP contribution in [0.4, 0.5) is 11.4 Å². The van der Waals surface area contributed by atoms with Crippen molar-refractivity contribution < 1.29 is 14.8 Å². The van der Waals surface area contributed by atoms with Gasteiger partial charge in [0.1, 0.15) is 17.9 Å². The van der Waals surface area contributed by atoms with Crippen LogP contribution in [0.15, 0.2) is 12.4 Å². The van der Waals surface area contributed by atoms with Gasteiger partial charge in [0.25, 0.3) is 0 Å². The van der Waals surface area contributed by atoms with Crippen molar-refractivity contribution in [3.05, 3.63) is 27.5 Å². The van der Waals surface area contributed by atoms with Gasteiger partial charge in [0.15, 0.2) is 0 Å². The van der Waals surface area contributed by atoms with Crippen molar-refractivity contribution in [1.29, 1.82) is 0 Å². The predicted molar refractivity (Wildman–Crippen MR) is 64.4 cm³/mol. The highest BCUT2D eigenvalue weighted by molar-refractivity contribution is 6.33. The summed E-state index contributed by atoms with van der Waals surface area (Å²) in [5, 5.41) is 22.1. The third kappa shape index (κ3) is 3.09. The molecule has 1 rings (SSSR count). The Balaban J connectivity index is 3.13. The maximum atomic E-state index is 10.9. The zero-order chi connectivity index (χ0) is 13.7. The van der Waals surface area contributed by atoms with Gasteiger partial charge in [-0.2, -0.15) is 0 Å². The number of aliphatic carboxylic acids is 1. The summed E-state index contributed by atoms with van der Waals surface area (Å²) in [5.41, 5.74) is -0.523. The molecule has 0 amide bonds. The van der Waals surface area contributed by atoms with Crippen molar-refractivity contribution in [2.24, 2.45) is 0 Å². The number of rotatable bonds is 5. The Hall–Kier alpha value is -2.33. The molecule has 0 bridgehead atoms. The molecule has 0 saturated heterocycles. The molecule has 8 heteroatoms. The summed E-state index contributed by atoms with van der Waals surface area (Å²) in [4.78, 5) is 24.5. The van der Waals surface area contributed by atoms with E-state index in [1.807, 2.05) is 0 Å². The van der Waals surface area contributed by atoms with E-state index in [0.717, 1.165) is 6.20 Å². The summed E-state index contributed by atoms with van der Waals surface area (Å²) in [6.45, 7) is 0. The first-order valence-electron chi connectivity index (χ1n) is 4.68. The van der Waals surface area contributed by atoms with Crippen molar-refractivity contribution in [1.82, 2.24) is 4.98 Å². The van der Waals surface area contributed by atoms with Crippen molar-refractivity contribution in [2.45, 2.75) is 12.5 Å². The van der Waals surface area contributed by atoms with Crippen molar-refractivity contribution in [3.63, 3.8) is 0 Å². The molecule has 1 aromatic heterocycles. The molecule has 0 aromatic carbocycles. The maximum Gasteiger partial charge on any atom is 0.327 e. The molecule has 0 spiro atoms. The van der Waals surface area contributed by atoms with E-state index in [0.29, 0.717) is 0 Å². The number of carbonyl (C=O) groups is 1. The topological polar surface area (TPSA) is 105 Å². The lowest BCUT2D eigenvalue weighted by Gasteiger charge is -2.13. The standard InChI is InChI=1S/C10H8ClN3O4/c1-2-3-7(10(15)16)13-9-6(11)4-12-5-8(9)14(17)18/h1,4-5,7H,3H2,(H,12,13)(H,15,16).